The molecule has 22 heavy (non-hydrogen) atoms. The van der Waals surface area contributed by atoms with Gasteiger partial charge in [0.15, 0.2) is 11.9 Å². The lowest BCUT2D eigenvalue weighted by Gasteiger charge is -2.23. The van der Waals surface area contributed by atoms with Gasteiger partial charge in [0.05, 0.1) is 12.7 Å². The molecule has 1 aliphatic rings. The molecular formula is C12H16N3O6P. The zero-order valence-electron chi connectivity index (χ0n) is 11.7. The number of aromatic nitrogens is 3. The number of fused-ring (bicyclic) bond motifs is 1. The van der Waals surface area contributed by atoms with E-state index >= 15 is 0 Å². The Morgan fingerprint density at radius 3 is 2.95 bits per heavy atom. The van der Waals surface area contributed by atoms with Gasteiger partial charge in [0.25, 0.3) is 0 Å². The van der Waals surface area contributed by atoms with Crippen molar-refractivity contribution in [1.82, 2.24) is 14.2 Å². The van der Waals surface area contributed by atoms with Crippen LogP contribution in [0.25, 0.3) is 5.65 Å². The van der Waals surface area contributed by atoms with E-state index < -0.39 is 26.7 Å². The van der Waals surface area contributed by atoms with E-state index in [2.05, 4.69) is 4.98 Å². The van der Waals surface area contributed by atoms with E-state index in [-0.39, 0.29) is 23.6 Å². The Hall–Kier alpha value is -1.51. The first-order valence-corrected chi connectivity index (χ1v) is 7.99. The van der Waals surface area contributed by atoms with Gasteiger partial charge in [-0.3, -0.25) is 14.0 Å². The van der Waals surface area contributed by atoms with E-state index in [0.717, 1.165) is 0 Å². The van der Waals surface area contributed by atoms with Crippen LogP contribution in [0.2, 0.25) is 0 Å². The van der Waals surface area contributed by atoms with Gasteiger partial charge < -0.3 is 19.3 Å². The molecule has 2 N–H and O–H groups in total. The van der Waals surface area contributed by atoms with Crippen LogP contribution in [0.1, 0.15) is 13.2 Å². The van der Waals surface area contributed by atoms with Gasteiger partial charge in [-0.1, -0.05) is 6.92 Å². The fourth-order valence-electron chi connectivity index (χ4n) is 2.71. The third-order valence-electron chi connectivity index (χ3n) is 3.85. The Labute approximate surface area is 125 Å². The highest BCUT2D eigenvalue weighted by atomic mass is 31.1. The second-order valence-electron chi connectivity index (χ2n) is 5.11. The summed E-state index contributed by atoms with van der Waals surface area (Å²) in [6.07, 6.45) is 2.52. The largest absolute Gasteiger partial charge is 0.394 e. The van der Waals surface area contributed by atoms with E-state index in [4.69, 9.17) is 14.2 Å². The van der Waals surface area contributed by atoms with E-state index in [1.54, 1.807) is 17.8 Å². The van der Waals surface area contributed by atoms with Crippen molar-refractivity contribution in [3.63, 3.8) is 0 Å². The summed E-state index contributed by atoms with van der Waals surface area (Å²) in [6.45, 7) is 1.53. The summed E-state index contributed by atoms with van der Waals surface area (Å²) in [6, 6.07) is 1.34. The molecule has 5 atom stereocenters. The standard InChI is InChI=1S/C12H16N3O6P/c1-7-9(6-16)20-12(10(7)21-22(18)19)15-4-2-8(17)11-13-3-5-14(11)15/h2-5,7,9-10,12,16,22H,6H2,1H3,(H,18,19)/t7-,9-,10-,12-/m1/s1. The summed E-state index contributed by atoms with van der Waals surface area (Å²) in [4.78, 5) is 24.8. The zero-order chi connectivity index (χ0) is 15.9. The molecule has 10 heteroatoms. The van der Waals surface area contributed by atoms with Gasteiger partial charge in [0.2, 0.25) is 5.43 Å². The van der Waals surface area contributed by atoms with Gasteiger partial charge in [0.1, 0.15) is 6.10 Å². The number of ether oxygens (including phenoxy) is 1. The fraction of sp³-hybridized carbons (Fsp3) is 0.500. The van der Waals surface area contributed by atoms with Crippen molar-refractivity contribution in [2.75, 3.05) is 6.61 Å². The summed E-state index contributed by atoms with van der Waals surface area (Å²) < 4.78 is 25.0. The molecule has 3 heterocycles. The minimum absolute atomic E-state index is 0.210. The summed E-state index contributed by atoms with van der Waals surface area (Å²) in [5.41, 5.74) is -0.0409. The van der Waals surface area contributed by atoms with E-state index in [1.165, 1.54) is 23.0 Å². The maximum atomic E-state index is 11.8. The van der Waals surface area contributed by atoms with E-state index in [9.17, 15) is 14.5 Å². The second-order valence-corrected chi connectivity index (χ2v) is 5.88. The first-order valence-electron chi connectivity index (χ1n) is 6.73. The zero-order valence-corrected chi connectivity index (χ0v) is 12.7. The van der Waals surface area contributed by atoms with Gasteiger partial charge in [-0.15, -0.1) is 0 Å². The maximum absolute atomic E-state index is 11.8. The highest BCUT2D eigenvalue weighted by molar-refractivity contribution is 7.32. The Morgan fingerprint density at radius 2 is 2.27 bits per heavy atom. The van der Waals surface area contributed by atoms with E-state index in [0.29, 0.717) is 0 Å². The smallest absolute Gasteiger partial charge is 0.317 e. The van der Waals surface area contributed by atoms with Crippen LogP contribution in [0.4, 0.5) is 0 Å². The minimum Gasteiger partial charge on any atom is -0.394 e. The molecule has 0 saturated carbocycles. The van der Waals surface area contributed by atoms with Crippen LogP contribution in [0.15, 0.2) is 29.5 Å². The number of rotatable bonds is 4. The number of hydrogen-bond acceptors (Lipinski definition) is 6. The van der Waals surface area contributed by atoms with E-state index in [1.807, 2.05) is 0 Å². The van der Waals surface area contributed by atoms with Crippen LogP contribution in [0, 0.1) is 5.92 Å². The van der Waals surface area contributed by atoms with Crippen molar-refractivity contribution >= 4 is 13.9 Å². The van der Waals surface area contributed by atoms with Crippen LogP contribution >= 0.6 is 8.25 Å². The SMILES string of the molecule is C[C@H]1[C@@H](O[PH](=O)O)[C@H](n2ccc(=O)c3nccn32)O[C@@H]1CO. The summed E-state index contributed by atoms with van der Waals surface area (Å²) in [7, 11) is -3.18. The molecule has 1 aliphatic heterocycles. The third kappa shape index (κ3) is 2.51. The molecular weight excluding hydrogens is 313 g/mol. The van der Waals surface area contributed by atoms with Gasteiger partial charge in [-0.2, -0.15) is 0 Å². The number of imidazole rings is 1. The van der Waals surface area contributed by atoms with Gasteiger partial charge in [-0.05, 0) is 0 Å². The van der Waals surface area contributed by atoms with Crippen LogP contribution in [0.5, 0.6) is 0 Å². The van der Waals surface area contributed by atoms with Crippen molar-refractivity contribution in [2.45, 2.75) is 25.4 Å². The van der Waals surface area contributed by atoms with Crippen molar-refractivity contribution in [3.05, 3.63) is 34.9 Å². The Morgan fingerprint density at radius 1 is 1.50 bits per heavy atom. The molecule has 1 saturated heterocycles. The van der Waals surface area contributed by atoms with Crippen LogP contribution in [0.3, 0.4) is 0 Å². The topological polar surface area (TPSA) is 115 Å². The molecule has 0 radical (unpaired) electrons. The lowest BCUT2D eigenvalue weighted by molar-refractivity contribution is -0.0556. The molecule has 1 unspecified atom stereocenters. The van der Waals surface area contributed by atoms with Crippen molar-refractivity contribution in [3.8, 4) is 0 Å². The number of aliphatic hydroxyl groups is 1. The average Bonchev–Trinajstić information content (AvgIpc) is 3.07. The van der Waals surface area contributed by atoms with Crippen molar-refractivity contribution < 1.29 is 23.8 Å². The highest BCUT2D eigenvalue weighted by Gasteiger charge is 2.44. The predicted molar refractivity (Wildman–Crippen MR) is 75.7 cm³/mol. The number of hydrogen-bond donors (Lipinski definition) is 2. The van der Waals surface area contributed by atoms with Crippen LogP contribution < -0.4 is 5.43 Å². The lowest BCUT2D eigenvalue weighted by Crippen LogP contribution is -2.29. The monoisotopic (exact) mass is 329 g/mol. The first kappa shape index (κ1) is 15.4. The lowest BCUT2D eigenvalue weighted by atomic mass is 10.0. The maximum Gasteiger partial charge on any atom is 0.317 e. The quantitative estimate of drug-likeness (QED) is 0.746. The van der Waals surface area contributed by atoms with Crippen molar-refractivity contribution in [1.29, 1.82) is 0 Å². The Balaban J connectivity index is 2.07. The summed E-state index contributed by atoms with van der Waals surface area (Å²) >= 11 is 0. The molecule has 0 spiro atoms. The average molecular weight is 329 g/mol. The fourth-order valence-corrected chi connectivity index (χ4v) is 3.28. The normalized spacial score (nSPS) is 30.0. The minimum atomic E-state index is -3.18. The van der Waals surface area contributed by atoms with Gasteiger partial charge in [-0.25, -0.2) is 9.50 Å². The van der Waals surface area contributed by atoms with Crippen LogP contribution in [-0.2, 0) is 13.8 Å². The summed E-state index contributed by atoms with van der Waals surface area (Å²) in [5, 5.41) is 9.38. The highest BCUT2D eigenvalue weighted by Crippen LogP contribution is 2.39. The Bertz CT molecular complexity index is 759. The molecule has 0 bridgehead atoms. The third-order valence-corrected chi connectivity index (χ3v) is 4.32. The number of aliphatic hydroxyl groups excluding tert-OH is 1. The van der Waals surface area contributed by atoms with Crippen LogP contribution in [-0.4, -0.2) is 43.0 Å². The first-order chi connectivity index (χ1) is 10.5. The molecule has 2 aromatic heterocycles. The molecule has 2 aromatic rings. The Kier molecular flexibility index (Phi) is 4.16. The van der Waals surface area contributed by atoms with Crippen molar-refractivity contribution in [2.24, 2.45) is 5.92 Å². The predicted octanol–water partition coefficient (Wildman–Crippen LogP) is -0.211. The molecule has 0 amide bonds. The van der Waals surface area contributed by atoms with Gasteiger partial charge >= 0.3 is 8.25 Å². The summed E-state index contributed by atoms with van der Waals surface area (Å²) in [5.74, 6) is -0.297. The number of nitrogens with zero attached hydrogens (tertiary/aromatic N) is 3. The molecule has 0 aromatic carbocycles. The molecule has 9 nitrogen and oxygen atoms in total. The molecule has 0 aliphatic carbocycles. The molecule has 1 fully saturated rings. The second kappa shape index (κ2) is 5.94. The van der Waals surface area contributed by atoms with Gasteiger partial charge in [0, 0.05) is 30.6 Å². The molecule has 3 rings (SSSR count). The molecule has 120 valence electrons.